The zero-order valence-corrected chi connectivity index (χ0v) is 7.55. The number of alkyl halides is 3. The van der Waals surface area contributed by atoms with Crippen LogP contribution in [0.15, 0.2) is 23.8 Å². The summed E-state index contributed by atoms with van der Waals surface area (Å²) in [7, 11) is 0. The van der Waals surface area contributed by atoms with Crippen LogP contribution in [0.2, 0.25) is 0 Å². The zero-order valence-electron chi connectivity index (χ0n) is 5.28. The van der Waals surface area contributed by atoms with Crippen LogP contribution in [-0.2, 0) is 0 Å². The largest absolute Gasteiger partial charge is 0.212 e. The lowest BCUT2D eigenvalue weighted by atomic mass is 10.1. The Balaban J connectivity index is 2.65. The Bertz CT molecular complexity index is 174. The van der Waals surface area contributed by atoms with Gasteiger partial charge in [0.15, 0.2) is 0 Å². The molecule has 0 N–H and O–H groups in total. The van der Waals surface area contributed by atoms with E-state index in [4.69, 9.17) is 34.8 Å². The molecule has 0 nitrogen and oxygen atoms in total. The Kier molecular flexibility index (Phi) is 2.67. The molecule has 0 saturated carbocycles. The average Bonchev–Trinajstić information content (AvgIpc) is 1.88. The highest BCUT2D eigenvalue weighted by molar-refractivity contribution is 6.69. The Hall–Kier alpha value is 0.350. The van der Waals surface area contributed by atoms with Crippen molar-refractivity contribution in [1.29, 1.82) is 0 Å². The number of rotatable bonds is 0. The SMILES string of the molecule is ClC(Cl)(Cl)C1=CCC=CC1. The van der Waals surface area contributed by atoms with Gasteiger partial charge in [0.2, 0.25) is 3.79 Å². The molecule has 0 unspecified atom stereocenters. The van der Waals surface area contributed by atoms with Crippen molar-refractivity contribution in [3.05, 3.63) is 23.8 Å². The molecule has 56 valence electrons. The van der Waals surface area contributed by atoms with Crippen LogP contribution in [0, 0.1) is 0 Å². The molecule has 0 fully saturated rings. The van der Waals surface area contributed by atoms with Crippen LogP contribution in [0.3, 0.4) is 0 Å². The van der Waals surface area contributed by atoms with Gasteiger partial charge in [-0.25, -0.2) is 0 Å². The van der Waals surface area contributed by atoms with Gasteiger partial charge in [0.1, 0.15) is 0 Å². The van der Waals surface area contributed by atoms with Crippen molar-refractivity contribution in [2.75, 3.05) is 0 Å². The normalized spacial score (nSPS) is 18.9. The molecule has 0 aromatic heterocycles. The van der Waals surface area contributed by atoms with Gasteiger partial charge in [0.25, 0.3) is 0 Å². The molecule has 1 aliphatic rings. The molecule has 0 radical (unpaired) electrons. The van der Waals surface area contributed by atoms with Gasteiger partial charge in [-0.15, -0.1) is 0 Å². The van der Waals surface area contributed by atoms with E-state index in [1.54, 1.807) is 0 Å². The fraction of sp³-hybridized carbons (Fsp3) is 0.429. The Morgan fingerprint density at radius 1 is 1.20 bits per heavy atom. The van der Waals surface area contributed by atoms with E-state index >= 15 is 0 Å². The fourth-order valence-corrected chi connectivity index (χ4v) is 1.29. The second-order valence-corrected chi connectivity index (χ2v) is 4.42. The van der Waals surface area contributed by atoms with E-state index in [-0.39, 0.29) is 0 Å². The number of allylic oxidation sites excluding steroid dienone is 4. The molecule has 1 rings (SSSR count). The highest BCUT2D eigenvalue weighted by atomic mass is 35.6. The molecule has 0 saturated heterocycles. The first-order valence-electron chi connectivity index (χ1n) is 3.02. The van der Waals surface area contributed by atoms with Crippen molar-refractivity contribution in [3.8, 4) is 0 Å². The molecule has 0 atom stereocenters. The van der Waals surface area contributed by atoms with Crippen molar-refractivity contribution in [2.45, 2.75) is 16.6 Å². The summed E-state index contributed by atoms with van der Waals surface area (Å²) < 4.78 is -1.20. The van der Waals surface area contributed by atoms with Crippen LogP contribution in [0.4, 0.5) is 0 Å². The first-order chi connectivity index (χ1) is 4.61. The summed E-state index contributed by atoms with van der Waals surface area (Å²) in [4.78, 5) is 0. The predicted octanol–water partition coefficient (Wildman–Crippen LogP) is 3.63. The standard InChI is InChI=1S/C7H7Cl3/c8-7(9,10)6-4-2-1-3-5-6/h1-2,5H,3-4H2. The summed E-state index contributed by atoms with van der Waals surface area (Å²) in [5.74, 6) is 0. The highest BCUT2D eigenvalue weighted by Crippen LogP contribution is 2.37. The van der Waals surface area contributed by atoms with E-state index in [1.165, 1.54) is 0 Å². The Morgan fingerprint density at radius 2 is 1.90 bits per heavy atom. The Labute approximate surface area is 75.5 Å². The second kappa shape index (κ2) is 3.17. The van der Waals surface area contributed by atoms with Gasteiger partial charge in [-0.3, -0.25) is 0 Å². The third-order valence-electron chi connectivity index (χ3n) is 1.37. The lowest BCUT2D eigenvalue weighted by Crippen LogP contribution is -2.07. The number of hydrogen-bond acceptors (Lipinski definition) is 0. The maximum Gasteiger partial charge on any atom is 0.212 e. The van der Waals surface area contributed by atoms with Crippen LogP contribution in [0.25, 0.3) is 0 Å². The molecular formula is C7H7Cl3. The van der Waals surface area contributed by atoms with E-state index in [0.717, 1.165) is 18.4 Å². The summed E-state index contributed by atoms with van der Waals surface area (Å²) in [5, 5.41) is 0. The molecule has 0 amide bonds. The van der Waals surface area contributed by atoms with Gasteiger partial charge in [-0.2, -0.15) is 0 Å². The third kappa shape index (κ3) is 2.19. The summed E-state index contributed by atoms with van der Waals surface area (Å²) in [6, 6.07) is 0. The molecule has 0 aliphatic heterocycles. The van der Waals surface area contributed by atoms with Crippen LogP contribution in [0.1, 0.15) is 12.8 Å². The topological polar surface area (TPSA) is 0 Å². The van der Waals surface area contributed by atoms with E-state index < -0.39 is 3.79 Å². The molecule has 1 aliphatic carbocycles. The van der Waals surface area contributed by atoms with Gasteiger partial charge >= 0.3 is 0 Å². The monoisotopic (exact) mass is 196 g/mol. The van der Waals surface area contributed by atoms with Crippen LogP contribution in [-0.4, -0.2) is 3.79 Å². The van der Waals surface area contributed by atoms with E-state index in [0.29, 0.717) is 0 Å². The molecule has 0 aromatic carbocycles. The van der Waals surface area contributed by atoms with Crippen molar-refractivity contribution in [3.63, 3.8) is 0 Å². The van der Waals surface area contributed by atoms with Crippen molar-refractivity contribution < 1.29 is 0 Å². The molecular weight excluding hydrogens is 190 g/mol. The zero-order chi connectivity index (χ0) is 7.61. The minimum absolute atomic E-state index is 0.760. The molecule has 0 heterocycles. The molecule has 0 bridgehead atoms. The van der Waals surface area contributed by atoms with E-state index in [9.17, 15) is 0 Å². The summed E-state index contributed by atoms with van der Waals surface area (Å²) in [5.41, 5.74) is 0.875. The summed E-state index contributed by atoms with van der Waals surface area (Å²) >= 11 is 16.9. The van der Waals surface area contributed by atoms with Crippen molar-refractivity contribution in [2.24, 2.45) is 0 Å². The lowest BCUT2D eigenvalue weighted by molar-refractivity contribution is 1.06. The van der Waals surface area contributed by atoms with Gasteiger partial charge in [0.05, 0.1) is 0 Å². The fourth-order valence-electron chi connectivity index (χ4n) is 0.832. The van der Waals surface area contributed by atoms with E-state index in [1.807, 2.05) is 12.2 Å². The minimum atomic E-state index is -1.20. The molecule has 3 heteroatoms. The summed E-state index contributed by atoms with van der Waals surface area (Å²) in [6.45, 7) is 0. The predicted molar refractivity (Wildman–Crippen MR) is 46.7 cm³/mol. The van der Waals surface area contributed by atoms with Crippen LogP contribution < -0.4 is 0 Å². The van der Waals surface area contributed by atoms with Crippen LogP contribution >= 0.6 is 34.8 Å². The van der Waals surface area contributed by atoms with Crippen molar-refractivity contribution >= 4 is 34.8 Å². The van der Waals surface area contributed by atoms with Gasteiger partial charge < -0.3 is 0 Å². The number of halogens is 3. The van der Waals surface area contributed by atoms with Crippen molar-refractivity contribution in [1.82, 2.24) is 0 Å². The highest BCUT2D eigenvalue weighted by Gasteiger charge is 2.24. The summed E-state index contributed by atoms with van der Waals surface area (Å²) in [6.07, 6.45) is 7.66. The lowest BCUT2D eigenvalue weighted by Gasteiger charge is -2.16. The molecule has 0 aromatic rings. The Morgan fingerprint density at radius 3 is 2.20 bits per heavy atom. The van der Waals surface area contributed by atoms with E-state index in [2.05, 4.69) is 6.08 Å². The van der Waals surface area contributed by atoms with Gasteiger partial charge in [-0.1, -0.05) is 53.0 Å². The van der Waals surface area contributed by atoms with Gasteiger partial charge in [-0.05, 0) is 18.4 Å². The third-order valence-corrected chi connectivity index (χ3v) is 2.10. The van der Waals surface area contributed by atoms with Gasteiger partial charge in [0, 0.05) is 0 Å². The molecule has 0 spiro atoms. The smallest absolute Gasteiger partial charge is 0.0844 e. The maximum atomic E-state index is 5.64. The minimum Gasteiger partial charge on any atom is -0.0844 e. The first kappa shape index (κ1) is 8.45. The van der Waals surface area contributed by atoms with Crippen LogP contribution in [0.5, 0.6) is 0 Å². The first-order valence-corrected chi connectivity index (χ1v) is 4.15. The number of hydrogen-bond donors (Lipinski definition) is 0. The molecule has 10 heavy (non-hydrogen) atoms. The average molecular weight is 197 g/mol. The maximum absolute atomic E-state index is 5.64. The second-order valence-electron chi connectivity index (χ2n) is 2.14. The quantitative estimate of drug-likeness (QED) is 0.411.